The van der Waals surface area contributed by atoms with E-state index in [4.69, 9.17) is 4.74 Å². The van der Waals surface area contributed by atoms with E-state index in [1.165, 1.54) is 0 Å². The number of carbonyl (C=O) groups is 1. The quantitative estimate of drug-likeness (QED) is 0.605. The van der Waals surface area contributed by atoms with E-state index >= 15 is 0 Å². The summed E-state index contributed by atoms with van der Waals surface area (Å²) in [7, 11) is 0. The van der Waals surface area contributed by atoms with Crippen LogP contribution in [0.15, 0.2) is 66.0 Å². The van der Waals surface area contributed by atoms with Crippen molar-refractivity contribution in [3.63, 3.8) is 0 Å². The minimum Gasteiger partial charge on any atom is -0.486 e. The average molecular weight is 366 g/mol. The molecule has 0 N–H and O–H groups in total. The summed E-state index contributed by atoms with van der Waals surface area (Å²) in [5.41, 5.74) is 1.59. The van der Waals surface area contributed by atoms with Gasteiger partial charge in [-0.3, -0.25) is 4.79 Å². The van der Waals surface area contributed by atoms with E-state index in [9.17, 15) is 4.79 Å². The number of benzene rings is 2. The zero-order chi connectivity index (χ0) is 18.4. The van der Waals surface area contributed by atoms with E-state index in [-0.39, 0.29) is 11.9 Å². The Morgan fingerprint density at radius 2 is 1.73 bits per heavy atom. The summed E-state index contributed by atoms with van der Waals surface area (Å²) < 4.78 is 5.74. The van der Waals surface area contributed by atoms with Crippen molar-refractivity contribution in [3.05, 3.63) is 82.3 Å². The molecule has 0 radical (unpaired) electrons. The van der Waals surface area contributed by atoms with E-state index in [2.05, 4.69) is 4.98 Å². The summed E-state index contributed by atoms with van der Waals surface area (Å²) in [4.78, 5) is 19.2. The van der Waals surface area contributed by atoms with Crippen molar-refractivity contribution in [2.45, 2.75) is 33.0 Å². The number of hydrogen-bond acceptors (Lipinski definition) is 4. The number of para-hydroxylation sites is 1. The van der Waals surface area contributed by atoms with Crippen LogP contribution in [0.2, 0.25) is 0 Å². The van der Waals surface area contributed by atoms with Crippen LogP contribution in [-0.2, 0) is 13.2 Å². The molecule has 0 saturated heterocycles. The molecule has 0 fully saturated rings. The Balaban J connectivity index is 1.65. The van der Waals surface area contributed by atoms with Crippen molar-refractivity contribution >= 4 is 17.2 Å². The van der Waals surface area contributed by atoms with Crippen LogP contribution < -0.4 is 4.74 Å². The van der Waals surface area contributed by atoms with Crippen molar-refractivity contribution in [1.29, 1.82) is 0 Å². The van der Waals surface area contributed by atoms with Gasteiger partial charge in [-0.2, -0.15) is 0 Å². The second-order valence-electron chi connectivity index (χ2n) is 6.23. The minimum absolute atomic E-state index is 0.0238. The van der Waals surface area contributed by atoms with Crippen LogP contribution in [-0.4, -0.2) is 21.8 Å². The van der Waals surface area contributed by atoms with Crippen LogP contribution in [0.4, 0.5) is 0 Å². The maximum absolute atomic E-state index is 12.8. The summed E-state index contributed by atoms with van der Waals surface area (Å²) in [5, 5.41) is 2.90. The third kappa shape index (κ3) is 4.70. The molecule has 0 unspecified atom stereocenters. The molecule has 3 rings (SSSR count). The number of ether oxygens (including phenoxy) is 1. The lowest BCUT2D eigenvalue weighted by Crippen LogP contribution is -2.36. The highest BCUT2D eigenvalue weighted by atomic mass is 32.1. The fraction of sp³-hybridized carbons (Fsp3) is 0.238. The molecule has 0 atom stereocenters. The first-order valence-corrected chi connectivity index (χ1v) is 9.48. The van der Waals surface area contributed by atoms with Crippen LogP contribution in [0.25, 0.3) is 0 Å². The highest BCUT2D eigenvalue weighted by Gasteiger charge is 2.20. The van der Waals surface area contributed by atoms with Gasteiger partial charge in [-0.05, 0) is 38.1 Å². The molecule has 4 nitrogen and oxygen atoms in total. The normalized spacial score (nSPS) is 10.7. The number of aromatic nitrogens is 1. The van der Waals surface area contributed by atoms with Crippen LogP contribution in [0.1, 0.15) is 34.9 Å². The molecule has 2 aromatic carbocycles. The highest BCUT2D eigenvalue weighted by molar-refractivity contribution is 7.09. The molecule has 0 bridgehead atoms. The zero-order valence-corrected chi connectivity index (χ0v) is 15.8. The highest BCUT2D eigenvalue weighted by Crippen LogP contribution is 2.18. The van der Waals surface area contributed by atoms with Gasteiger partial charge in [0.25, 0.3) is 5.91 Å². The Labute approximate surface area is 158 Å². The summed E-state index contributed by atoms with van der Waals surface area (Å²) >= 11 is 1.56. The fourth-order valence-corrected chi connectivity index (χ4v) is 3.26. The molecule has 0 aliphatic heterocycles. The van der Waals surface area contributed by atoms with E-state index < -0.39 is 0 Å². The van der Waals surface area contributed by atoms with Gasteiger partial charge in [0.05, 0.1) is 12.2 Å². The van der Waals surface area contributed by atoms with Crippen LogP contribution >= 0.6 is 11.3 Å². The maximum atomic E-state index is 12.8. The average Bonchev–Trinajstić information content (AvgIpc) is 3.13. The van der Waals surface area contributed by atoms with Crippen molar-refractivity contribution in [2.75, 3.05) is 0 Å². The first kappa shape index (κ1) is 18.1. The van der Waals surface area contributed by atoms with Gasteiger partial charge in [-0.1, -0.05) is 36.4 Å². The van der Waals surface area contributed by atoms with Crippen molar-refractivity contribution in [2.24, 2.45) is 0 Å². The molecule has 1 amide bonds. The first-order valence-electron chi connectivity index (χ1n) is 8.60. The van der Waals surface area contributed by atoms with E-state index in [0.29, 0.717) is 18.7 Å². The lowest BCUT2D eigenvalue weighted by atomic mass is 10.1. The summed E-state index contributed by atoms with van der Waals surface area (Å²) in [6.07, 6.45) is 0. The second-order valence-corrected chi connectivity index (χ2v) is 7.17. The van der Waals surface area contributed by atoms with Crippen LogP contribution in [0.5, 0.6) is 5.75 Å². The molecule has 0 saturated carbocycles. The molecule has 134 valence electrons. The van der Waals surface area contributed by atoms with Gasteiger partial charge in [0.1, 0.15) is 17.4 Å². The van der Waals surface area contributed by atoms with Gasteiger partial charge in [0.15, 0.2) is 0 Å². The fourth-order valence-electron chi connectivity index (χ4n) is 2.56. The Morgan fingerprint density at radius 1 is 1.08 bits per heavy atom. The molecule has 0 spiro atoms. The summed E-state index contributed by atoms with van der Waals surface area (Å²) in [6, 6.07) is 19.1. The molecular formula is C21H22N2O2S. The molecule has 3 aromatic rings. The largest absolute Gasteiger partial charge is 0.486 e. The predicted octanol–water partition coefficient (Wildman–Crippen LogP) is 4.77. The van der Waals surface area contributed by atoms with Crippen molar-refractivity contribution in [3.8, 4) is 5.75 Å². The van der Waals surface area contributed by atoms with Crippen molar-refractivity contribution < 1.29 is 9.53 Å². The monoisotopic (exact) mass is 366 g/mol. The van der Waals surface area contributed by atoms with Gasteiger partial charge >= 0.3 is 0 Å². The number of carbonyl (C=O) groups excluding carboxylic acids is 1. The molecule has 1 heterocycles. The SMILES string of the molecule is CC(C)N(Cc1csc(COc2ccccc2)n1)C(=O)c1ccccc1. The molecule has 5 heteroatoms. The topological polar surface area (TPSA) is 42.4 Å². The Kier molecular flexibility index (Phi) is 6.02. The van der Waals surface area contributed by atoms with Gasteiger partial charge in [-0.15, -0.1) is 11.3 Å². The summed E-state index contributed by atoms with van der Waals surface area (Å²) in [5.74, 6) is 0.850. The minimum atomic E-state index is 0.0238. The summed E-state index contributed by atoms with van der Waals surface area (Å²) in [6.45, 7) is 4.97. The van der Waals surface area contributed by atoms with Gasteiger partial charge in [-0.25, -0.2) is 4.98 Å². The Bertz CT molecular complexity index is 831. The van der Waals surface area contributed by atoms with E-state index in [1.807, 2.05) is 84.8 Å². The third-order valence-electron chi connectivity index (χ3n) is 3.94. The van der Waals surface area contributed by atoms with E-state index in [0.717, 1.165) is 16.5 Å². The predicted molar refractivity (Wildman–Crippen MR) is 104 cm³/mol. The zero-order valence-electron chi connectivity index (χ0n) is 15.0. The lowest BCUT2D eigenvalue weighted by Gasteiger charge is -2.26. The maximum Gasteiger partial charge on any atom is 0.254 e. The van der Waals surface area contributed by atoms with Gasteiger partial charge < -0.3 is 9.64 Å². The number of nitrogens with zero attached hydrogens (tertiary/aromatic N) is 2. The van der Waals surface area contributed by atoms with Gasteiger partial charge in [0, 0.05) is 17.0 Å². The standard InChI is InChI=1S/C21H22N2O2S/c1-16(2)23(21(24)17-9-5-3-6-10-17)13-18-15-26-20(22-18)14-25-19-11-7-4-8-12-19/h3-12,15-16H,13-14H2,1-2H3. The first-order chi connectivity index (χ1) is 12.6. The Morgan fingerprint density at radius 3 is 2.38 bits per heavy atom. The second kappa shape index (κ2) is 8.63. The van der Waals surface area contributed by atoms with Gasteiger partial charge in [0.2, 0.25) is 0 Å². The number of hydrogen-bond donors (Lipinski definition) is 0. The molecular weight excluding hydrogens is 344 g/mol. The van der Waals surface area contributed by atoms with E-state index in [1.54, 1.807) is 11.3 Å². The van der Waals surface area contributed by atoms with Crippen molar-refractivity contribution in [1.82, 2.24) is 9.88 Å². The smallest absolute Gasteiger partial charge is 0.254 e. The third-order valence-corrected chi connectivity index (χ3v) is 4.81. The molecule has 1 aromatic heterocycles. The van der Waals surface area contributed by atoms with Crippen LogP contribution in [0, 0.1) is 0 Å². The number of thiazole rings is 1. The molecule has 0 aliphatic rings. The molecule has 26 heavy (non-hydrogen) atoms. The number of amides is 1. The Hall–Kier alpha value is -2.66. The van der Waals surface area contributed by atoms with Crippen LogP contribution in [0.3, 0.4) is 0 Å². The number of rotatable bonds is 7. The molecule has 0 aliphatic carbocycles. The lowest BCUT2D eigenvalue weighted by molar-refractivity contribution is 0.0688.